The predicted molar refractivity (Wildman–Crippen MR) is 87.8 cm³/mol. The Balaban J connectivity index is 2.03. The van der Waals surface area contributed by atoms with Crippen molar-refractivity contribution in [2.24, 2.45) is 5.73 Å². The van der Waals surface area contributed by atoms with Crippen LogP contribution in [0.4, 0.5) is 5.69 Å². The number of non-ortho nitro benzene ring substituents is 1. The van der Waals surface area contributed by atoms with E-state index < -0.39 is 4.92 Å². The highest BCUT2D eigenvalue weighted by molar-refractivity contribution is 5.43. The van der Waals surface area contributed by atoms with E-state index in [-0.39, 0.29) is 5.69 Å². The third kappa shape index (κ3) is 4.69. The number of rotatable bonds is 8. The number of nitro benzene ring substituents is 1. The van der Waals surface area contributed by atoms with Crippen LogP contribution in [0.2, 0.25) is 0 Å². The maximum absolute atomic E-state index is 10.6. The lowest BCUT2D eigenvalue weighted by Gasteiger charge is -2.12. The van der Waals surface area contributed by atoms with Gasteiger partial charge in [-0.25, -0.2) is 0 Å². The van der Waals surface area contributed by atoms with Crippen molar-refractivity contribution < 1.29 is 14.4 Å². The quantitative estimate of drug-likeness (QED) is 0.597. The molecule has 0 heterocycles. The van der Waals surface area contributed by atoms with Crippen molar-refractivity contribution in [2.45, 2.75) is 19.4 Å². The van der Waals surface area contributed by atoms with Gasteiger partial charge in [-0.2, -0.15) is 0 Å². The molecule has 0 atom stereocenters. The van der Waals surface area contributed by atoms with Crippen LogP contribution in [0.5, 0.6) is 11.5 Å². The van der Waals surface area contributed by atoms with Gasteiger partial charge in [-0.1, -0.05) is 6.07 Å². The molecule has 2 N–H and O–H groups in total. The largest absolute Gasteiger partial charge is 0.493 e. The van der Waals surface area contributed by atoms with Crippen molar-refractivity contribution in [3.63, 3.8) is 0 Å². The zero-order valence-electron chi connectivity index (χ0n) is 13.0. The number of methoxy groups -OCH3 is 1. The summed E-state index contributed by atoms with van der Waals surface area (Å²) in [7, 11) is 1.60. The second-order valence-corrected chi connectivity index (χ2v) is 5.09. The molecule has 0 unspecified atom stereocenters. The van der Waals surface area contributed by atoms with Crippen LogP contribution in [-0.2, 0) is 13.0 Å². The molecule has 6 heteroatoms. The molecule has 122 valence electrons. The topological polar surface area (TPSA) is 87.6 Å². The van der Waals surface area contributed by atoms with E-state index >= 15 is 0 Å². The van der Waals surface area contributed by atoms with Gasteiger partial charge in [0.05, 0.1) is 12.0 Å². The molecule has 0 aliphatic carbocycles. The van der Waals surface area contributed by atoms with Gasteiger partial charge in [-0.3, -0.25) is 10.1 Å². The summed E-state index contributed by atoms with van der Waals surface area (Å²) in [6, 6.07) is 12.1. The van der Waals surface area contributed by atoms with Gasteiger partial charge in [0, 0.05) is 12.1 Å². The van der Waals surface area contributed by atoms with Gasteiger partial charge in [0.2, 0.25) is 0 Å². The average molecular weight is 316 g/mol. The summed E-state index contributed by atoms with van der Waals surface area (Å²) in [6.45, 7) is 0.969. The standard InChI is InChI=1S/C17H20N2O4/c1-22-17-11-13(3-2-10-18)6-9-16(17)23-12-14-4-7-15(8-5-14)19(20)21/h4-9,11H,2-3,10,12,18H2,1H3. The first-order valence-electron chi connectivity index (χ1n) is 7.37. The maximum Gasteiger partial charge on any atom is 0.269 e. The van der Waals surface area contributed by atoms with E-state index in [1.165, 1.54) is 12.1 Å². The second-order valence-electron chi connectivity index (χ2n) is 5.09. The first kappa shape index (κ1) is 16.8. The Morgan fingerprint density at radius 3 is 2.39 bits per heavy atom. The van der Waals surface area contributed by atoms with Crippen molar-refractivity contribution in [2.75, 3.05) is 13.7 Å². The number of nitro groups is 1. The molecular formula is C17H20N2O4. The van der Waals surface area contributed by atoms with Crippen molar-refractivity contribution in [1.82, 2.24) is 0 Å². The minimum Gasteiger partial charge on any atom is -0.493 e. The molecule has 0 aliphatic rings. The lowest BCUT2D eigenvalue weighted by Crippen LogP contribution is -2.01. The molecule has 6 nitrogen and oxygen atoms in total. The first-order chi connectivity index (χ1) is 11.1. The van der Waals surface area contributed by atoms with E-state index in [0.29, 0.717) is 24.7 Å². The van der Waals surface area contributed by atoms with Gasteiger partial charge < -0.3 is 15.2 Å². The monoisotopic (exact) mass is 316 g/mol. The van der Waals surface area contributed by atoms with Crippen LogP contribution in [0.25, 0.3) is 0 Å². The summed E-state index contributed by atoms with van der Waals surface area (Å²) in [6.07, 6.45) is 1.82. The molecule has 2 aromatic carbocycles. The third-order valence-electron chi connectivity index (χ3n) is 3.44. The highest BCUT2D eigenvalue weighted by Crippen LogP contribution is 2.29. The minimum absolute atomic E-state index is 0.0654. The Hall–Kier alpha value is -2.60. The van der Waals surface area contributed by atoms with E-state index in [4.69, 9.17) is 15.2 Å². The van der Waals surface area contributed by atoms with Crippen LogP contribution >= 0.6 is 0 Å². The summed E-state index contributed by atoms with van der Waals surface area (Å²) in [5, 5.41) is 10.6. The molecule has 23 heavy (non-hydrogen) atoms. The van der Waals surface area contributed by atoms with Crippen LogP contribution in [0.3, 0.4) is 0 Å². The molecule has 0 saturated heterocycles. The first-order valence-corrected chi connectivity index (χ1v) is 7.37. The highest BCUT2D eigenvalue weighted by Gasteiger charge is 2.08. The van der Waals surface area contributed by atoms with Crippen LogP contribution < -0.4 is 15.2 Å². The van der Waals surface area contributed by atoms with Gasteiger partial charge in [-0.15, -0.1) is 0 Å². The molecule has 0 amide bonds. The zero-order valence-corrected chi connectivity index (χ0v) is 13.0. The smallest absolute Gasteiger partial charge is 0.269 e. The molecule has 0 aliphatic heterocycles. The van der Waals surface area contributed by atoms with Crippen molar-refractivity contribution in [3.8, 4) is 11.5 Å². The molecule has 0 spiro atoms. The van der Waals surface area contributed by atoms with Gasteiger partial charge >= 0.3 is 0 Å². The lowest BCUT2D eigenvalue weighted by molar-refractivity contribution is -0.384. The van der Waals surface area contributed by atoms with E-state index in [1.54, 1.807) is 19.2 Å². The molecule has 0 radical (unpaired) electrons. The Labute approximate surface area is 135 Å². The molecule has 2 rings (SSSR count). The Morgan fingerprint density at radius 1 is 1.09 bits per heavy atom. The van der Waals surface area contributed by atoms with Crippen LogP contribution in [-0.4, -0.2) is 18.6 Å². The third-order valence-corrected chi connectivity index (χ3v) is 3.44. The summed E-state index contributed by atoms with van der Waals surface area (Å²) in [5.41, 5.74) is 7.59. The molecule has 0 bridgehead atoms. The van der Waals surface area contributed by atoms with Crippen LogP contribution in [0, 0.1) is 10.1 Å². The van der Waals surface area contributed by atoms with Crippen molar-refractivity contribution in [3.05, 3.63) is 63.7 Å². The van der Waals surface area contributed by atoms with Gasteiger partial charge in [0.1, 0.15) is 6.61 Å². The van der Waals surface area contributed by atoms with Crippen molar-refractivity contribution in [1.29, 1.82) is 0 Å². The normalized spacial score (nSPS) is 10.3. The second kappa shape index (κ2) is 8.14. The summed E-state index contributed by atoms with van der Waals surface area (Å²) >= 11 is 0. The fourth-order valence-electron chi connectivity index (χ4n) is 2.17. The number of hydrogen-bond donors (Lipinski definition) is 1. The summed E-state index contributed by atoms with van der Waals surface area (Å²) in [5.74, 6) is 1.31. The zero-order chi connectivity index (χ0) is 16.7. The van der Waals surface area contributed by atoms with E-state index in [1.807, 2.05) is 18.2 Å². The van der Waals surface area contributed by atoms with E-state index in [9.17, 15) is 10.1 Å². The van der Waals surface area contributed by atoms with Gasteiger partial charge in [0.25, 0.3) is 5.69 Å². The number of aryl methyl sites for hydroxylation is 1. The molecule has 2 aromatic rings. The summed E-state index contributed by atoms with van der Waals surface area (Å²) in [4.78, 5) is 10.2. The Morgan fingerprint density at radius 2 is 1.78 bits per heavy atom. The van der Waals surface area contributed by atoms with Gasteiger partial charge in [-0.05, 0) is 54.8 Å². The highest BCUT2D eigenvalue weighted by atomic mass is 16.6. The number of ether oxygens (including phenoxy) is 2. The number of nitrogens with zero attached hydrogens (tertiary/aromatic N) is 1. The van der Waals surface area contributed by atoms with Gasteiger partial charge in [0.15, 0.2) is 11.5 Å². The Kier molecular flexibility index (Phi) is 5.94. The van der Waals surface area contributed by atoms with Crippen LogP contribution in [0.15, 0.2) is 42.5 Å². The molecular weight excluding hydrogens is 296 g/mol. The average Bonchev–Trinajstić information content (AvgIpc) is 2.58. The summed E-state index contributed by atoms with van der Waals surface area (Å²) < 4.78 is 11.1. The van der Waals surface area contributed by atoms with E-state index in [0.717, 1.165) is 24.0 Å². The minimum atomic E-state index is -0.423. The SMILES string of the molecule is COc1cc(CCCN)ccc1OCc1ccc([N+](=O)[O-])cc1. The number of nitrogens with two attached hydrogens (primary N) is 1. The predicted octanol–water partition coefficient (Wildman–Crippen LogP) is 3.07. The maximum atomic E-state index is 10.6. The number of benzene rings is 2. The van der Waals surface area contributed by atoms with E-state index in [2.05, 4.69) is 0 Å². The molecule has 0 saturated carbocycles. The van der Waals surface area contributed by atoms with Crippen LogP contribution in [0.1, 0.15) is 17.5 Å². The molecule has 0 fully saturated rings. The Bertz CT molecular complexity index is 656. The lowest BCUT2D eigenvalue weighted by atomic mass is 10.1. The number of hydrogen-bond acceptors (Lipinski definition) is 5. The fraction of sp³-hybridized carbons (Fsp3) is 0.294. The fourth-order valence-corrected chi connectivity index (χ4v) is 2.17. The van der Waals surface area contributed by atoms with Crippen molar-refractivity contribution >= 4 is 5.69 Å². The molecule has 0 aromatic heterocycles.